The molecule has 5 nitrogen and oxygen atoms in total. The summed E-state index contributed by atoms with van der Waals surface area (Å²) in [6.45, 7) is 2.46. The molecule has 0 saturated carbocycles. The van der Waals surface area contributed by atoms with Crippen LogP contribution in [0, 0.1) is 6.92 Å². The van der Waals surface area contributed by atoms with Gasteiger partial charge in [-0.1, -0.05) is 30.3 Å². The van der Waals surface area contributed by atoms with E-state index in [-0.39, 0.29) is 17.3 Å². The van der Waals surface area contributed by atoms with E-state index >= 15 is 0 Å². The smallest absolute Gasteiger partial charge is 0.350 e. The summed E-state index contributed by atoms with van der Waals surface area (Å²) in [5.41, 5.74) is 1.40. The third kappa shape index (κ3) is 4.85. The first-order chi connectivity index (χ1) is 13.3. The highest BCUT2D eigenvalue weighted by Gasteiger charge is 2.30. The molecule has 0 bridgehead atoms. The Balaban J connectivity index is 1.70. The Labute approximate surface area is 159 Å². The van der Waals surface area contributed by atoms with Gasteiger partial charge in [0.25, 0.3) is 5.91 Å². The van der Waals surface area contributed by atoms with E-state index < -0.39 is 17.6 Å². The Morgan fingerprint density at radius 3 is 2.61 bits per heavy atom. The van der Waals surface area contributed by atoms with Crippen LogP contribution in [0.2, 0.25) is 0 Å². The molecule has 0 fully saturated rings. The van der Waals surface area contributed by atoms with Crippen LogP contribution in [0.1, 0.15) is 27.2 Å². The van der Waals surface area contributed by atoms with E-state index in [0.29, 0.717) is 6.54 Å². The number of hydrogen-bond donors (Lipinski definition) is 2. The second-order valence-corrected chi connectivity index (χ2v) is 6.08. The molecular weight excluding hydrogens is 369 g/mol. The summed E-state index contributed by atoms with van der Waals surface area (Å²) >= 11 is 0. The lowest BCUT2D eigenvalue weighted by molar-refractivity contribution is -0.137. The van der Waals surface area contributed by atoms with Gasteiger partial charge in [0.1, 0.15) is 5.69 Å². The number of carbonyl (C=O) groups is 1. The molecule has 2 aromatic carbocycles. The normalized spacial score (nSPS) is 11.1. The van der Waals surface area contributed by atoms with Crippen molar-refractivity contribution in [1.82, 2.24) is 9.97 Å². The molecular formula is C20H17F3N4O. The minimum absolute atomic E-state index is 0.0351. The molecule has 0 aliphatic carbocycles. The lowest BCUT2D eigenvalue weighted by atomic mass is 10.1. The molecule has 144 valence electrons. The third-order valence-corrected chi connectivity index (χ3v) is 4.03. The Bertz CT molecular complexity index is 989. The Hall–Kier alpha value is -3.42. The van der Waals surface area contributed by atoms with Gasteiger partial charge in [0.05, 0.1) is 5.56 Å². The summed E-state index contributed by atoms with van der Waals surface area (Å²) < 4.78 is 38.4. The highest BCUT2D eigenvalue weighted by molar-refractivity contribution is 6.03. The summed E-state index contributed by atoms with van der Waals surface area (Å²) in [6.07, 6.45) is -3.07. The van der Waals surface area contributed by atoms with Gasteiger partial charge in [-0.15, -0.1) is 0 Å². The van der Waals surface area contributed by atoms with Crippen LogP contribution in [0.25, 0.3) is 0 Å². The maximum atomic E-state index is 12.8. The molecule has 1 aromatic heterocycles. The number of aromatic nitrogens is 2. The first kappa shape index (κ1) is 19.3. The second-order valence-electron chi connectivity index (χ2n) is 6.08. The van der Waals surface area contributed by atoms with Crippen LogP contribution >= 0.6 is 0 Å². The van der Waals surface area contributed by atoms with Gasteiger partial charge < -0.3 is 10.6 Å². The number of hydrogen-bond acceptors (Lipinski definition) is 4. The fourth-order valence-electron chi connectivity index (χ4n) is 2.52. The van der Waals surface area contributed by atoms with Gasteiger partial charge in [-0.3, -0.25) is 4.79 Å². The van der Waals surface area contributed by atoms with Crippen molar-refractivity contribution in [3.05, 3.63) is 83.2 Å². The highest BCUT2D eigenvalue weighted by Crippen LogP contribution is 2.30. The SMILES string of the molecule is Cc1ccccc1CNc1nccc(C(=O)Nc2cccc(C(F)(F)F)c2)n1. The average molecular weight is 386 g/mol. The molecule has 0 spiro atoms. The summed E-state index contributed by atoms with van der Waals surface area (Å²) in [7, 11) is 0. The van der Waals surface area contributed by atoms with Crippen molar-refractivity contribution in [2.45, 2.75) is 19.6 Å². The number of nitrogens with one attached hydrogen (secondary N) is 2. The molecule has 0 aliphatic heterocycles. The topological polar surface area (TPSA) is 66.9 Å². The van der Waals surface area contributed by atoms with Crippen LogP contribution < -0.4 is 10.6 Å². The lowest BCUT2D eigenvalue weighted by Crippen LogP contribution is -2.16. The van der Waals surface area contributed by atoms with Gasteiger partial charge in [0, 0.05) is 18.4 Å². The van der Waals surface area contributed by atoms with Crippen molar-refractivity contribution in [2.75, 3.05) is 10.6 Å². The van der Waals surface area contributed by atoms with Gasteiger partial charge in [-0.05, 0) is 42.3 Å². The Kier molecular flexibility index (Phi) is 5.58. The number of benzene rings is 2. The maximum Gasteiger partial charge on any atom is 0.416 e. The molecule has 3 aromatic rings. The maximum absolute atomic E-state index is 12.8. The number of aryl methyl sites for hydroxylation is 1. The zero-order chi connectivity index (χ0) is 20.1. The van der Waals surface area contributed by atoms with Crippen molar-refractivity contribution in [3.63, 3.8) is 0 Å². The molecule has 1 heterocycles. The highest BCUT2D eigenvalue weighted by atomic mass is 19.4. The van der Waals surface area contributed by atoms with Crippen LogP contribution in [0.3, 0.4) is 0 Å². The van der Waals surface area contributed by atoms with Gasteiger partial charge in [-0.25, -0.2) is 9.97 Å². The van der Waals surface area contributed by atoms with E-state index in [2.05, 4.69) is 20.6 Å². The zero-order valence-electron chi connectivity index (χ0n) is 14.9. The summed E-state index contributed by atoms with van der Waals surface area (Å²) in [6, 6.07) is 13.6. The molecule has 2 N–H and O–H groups in total. The van der Waals surface area contributed by atoms with Crippen molar-refractivity contribution >= 4 is 17.5 Å². The Morgan fingerprint density at radius 2 is 1.86 bits per heavy atom. The predicted molar refractivity (Wildman–Crippen MR) is 99.9 cm³/mol. The predicted octanol–water partition coefficient (Wildman–Crippen LogP) is 4.67. The first-order valence-corrected chi connectivity index (χ1v) is 8.43. The number of anilines is 2. The molecule has 3 rings (SSSR count). The molecule has 1 amide bonds. The van der Waals surface area contributed by atoms with E-state index in [1.165, 1.54) is 24.4 Å². The van der Waals surface area contributed by atoms with E-state index in [0.717, 1.165) is 23.3 Å². The van der Waals surface area contributed by atoms with Crippen LogP contribution in [0.4, 0.5) is 24.8 Å². The van der Waals surface area contributed by atoms with Gasteiger partial charge in [0.15, 0.2) is 0 Å². The van der Waals surface area contributed by atoms with Crippen molar-refractivity contribution < 1.29 is 18.0 Å². The zero-order valence-corrected chi connectivity index (χ0v) is 14.9. The van der Waals surface area contributed by atoms with Gasteiger partial charge >= 0.3 is 6.18 Å². The van der Waals surface area contributed by atoms with Crippen molar-refractivity contribution in [2.24, 2.45) is 0 Å². The van der Waals surface area contributed by atoms with Gasteiger partial charge in [0.2, 0.25) is 5.95 Å². The summed E-state index contributed by atoms with van der Waals surface area (Å²) in [5, 5.41) is 5.46. The monoisotopic (exact) mass is 386 g/mol. The van der Waals surface area contributed by atoms with E-state index in [9.17, 15) is 18.0 Å². The number of carbonyl (C=O) groups excluding carboxylic acids is 1. The quantitative estimate of drug-likeness (QED) is 0.669. The number of alkyl halides is 3. The summed E-state index contributed by atoms with van der Waals surface area (Å²) in [4.78, 5) is 20.5. The molecule has 0 atom stereocenters. The number of rotatable bonds is 5. The van der Waals surface area contributed by atoms with Crippen molar-refractivity contribution in [3.8, 4) is 0 Å². The molecule has 0 radical (unpaired) electrons. The number of amides is 1. The van der Waals surface area contributed by atoms with E-state index in [4.69, 9.17) is 0 Å². The van der Waals surface area contributed by atoms with E-state index in [1.54, 1.807) is 0 Å². The van der Waals surface area contributed by atoms with Crippen LogP contribution in [-0.2, 0) is 12.7 Å². The Morgan fingerprint density at radius 1 is 1.07 bits per heavy atom. The fraction of sp³-hybridized carbons (Fsp3) is 0.150. The van der Waals surface area contributed by atoms with E-state index in [1.807, 2.05) is 31.2 Å². The third-order valence-electron chi connectivity index (χ3n) is 4.03. The summed E-state index contributed by atoms with van der Waals surface area (Å²) in [5.74, 6) is -0.374. The van der Waals surface area contributed by atoms with Crippen molar-refractivity contribution in [1.29, 1.82) is 0 Å². The average Bonchev–Trinajstić information content (AvgIpc) is 2.67. The standard InChI is InChI=1S/C20H17F3N4O/c1-13-5-2-3-6-14(13)12-25-19-24-10-9-17(27-19)18(28)26-16-8-4-7-15(11-16)20(21,22)23/h2-11H,12H2,1H3,(H,26,28)(H,24,25,27). The second kappa shape index (κ2) is 8.08. The molecule has 8 heteroatoms. The molecule has 0 saturated heterocycles. The fourth-order valence-corrected chi connectivity index (χ4v) is 2.52. The van der Waals surface area contributed by atoms with Crippen LogP contribution in [-0.4, -0.2) is 15.9 Å². The largest absolute Gasteiger partial charge is 0.416 e. The minimum Gasteiger partial charge on any atom is -0.350 e. The molecule has 0 aliphatic rings. The number of nitrogens with zero attached hydrogens (tertiary/aromatic N) is 2. The van der Waals surface area contributed by atoms with Gasteiger partial charge in [-0.2, -0.15) is 13.2 Å². The minimum atomic E-state index is -4.48. The lowest BCUT2D eigenvalue weighted by Gasteiger charge is -2.10. The first-order valence-electron chi connectivity index (χ1n) is 8.43. The number of halogens is 3. The molecule has 0 unspecified atom stereocenters. The van der Waals surface area contributed by atoms with Crippen LogP contribution in [0.5, 0.6) is 0 Å². The molecule has 28 heavy (non-hydrogen) atoms. The van der Waals surface area contributed by atoms with Crippen LogP contribution in [0.15, 0.2) is 60.8 Å².